The summed E-state index contributed by atoms with van der Waals surface area (Å²) in [7, 11) is 3.07. The number of hydrogen-bond acceptors (Lipinski definition) is 6. The zero-order valence-corrected chi connectivity index (χ0v) is 28.5. The lowest BCUT2D eigenvalue weighted by molar-refractivity contribution is -0.116. The van der Waals surface area contributed by atoms with E-state index in [2.05, 4.69) is 22.0 Å². The fourth-order valence-corrected chi connectivity index (χ4v) is 6.26. The molecule has 0 aromatic heterocycles. The minimum absolute atomic E-state index is 0.00497. The van der Waals surface area contributed by atoms with E-state index in [9.17, 15) is 14.4 Å². The number of carbonyl (C=O) groups is 3. The Bertz CT molecular complexity index is 1960. The van der Waals surface area contributed by atoms with Crippen LogP contribution in [0.2, 0.25) is 0 Å². The highest BCUT2D eigenvalue weighted by Gasteiger charge is 2.23. The SMILES string of the molecule is COc1ccc(/C=C(/NC(=O)c2ccccc2)C(=O)Nc2cccc(SC(C(=O)Nc3cc(C)cc(C)c3)c3ccccc3)c2)c(OC)c1. The van der Waals surface area contributed by atoms with E-state index in [1.54, 1.807) is 73.8 Å². The van der Waals surface area contributed by atoms with E-state index in [-0.39, 0.29) is 11.6 Å². The molecule has 0 aliphatic rings. The Hall–Kier alpha value is -5.80. The van der Waals surface area contributed by atoms with Gasteiger partial charge in [-0.2, -0.15) is 0 Å². The van der Waals surface area contributed by atoms with Crippen molar-refractivity contribution in [2.75, 3.05) is 24.9 Å². The molecule has 5 rings (SSSR count). The molecule has 0 heterocycles. The molecule has 0 radical (unpaired) electrons. The molecule has 3 amide bonds. The molecule has 0 spiro atoms. The largest absolute Gasteiger partial charge is 0.497 e. The van der Waals surface area contributed by atoms with Gasteiger partial charge >= 0.3 is 0 Å². The van der Waals surface area contributed by atoms with Gasteiger partial charge in [0.05, 0.1) is 14.2 Å². The molecule has 0 bridgehead atoms. The van der Waals surface area contributed by atoms with Gasteiger partial charge < -0.3 is 25.4 Å². The zero-order chi connectivity index (χ0) is 34.8. The first-order valence-corrected chi connectivity index (χ1v) is 16.4. The zero-order valence-electron chi connectivity index (χ0n) is 27.7. The van der Waals surface area contributed by atoms with Gasteiger partial charge in [0.1, 0.15) is 22.4 Å². The molecule has 0 aliphatic carbocycles. The molecule has 9 heteroatoms. The van der Waals surface area contributed by atoms with Gasteiger partial charge in [-0.1, -0.05) is 60.7 Å². The molecule has 0 aliphatic heterocycles. The smallest absolute Gasteiger partial charge is 0.272 e. The molecule has 1 atom stereocenters. The third-order valence-electron chi connectivity index (χ3n) is 7.44. The predicted molar refractivity (Wildman–Crippen MR) is 196 cm³/mol. The van der Waals surface area contributed by atoms with Crippen molar-refractivity contribution in [1.29, 1.82) is 0 Å². The number of benzene rings is 5. The van der Waals surface area contributed by atoms with Gasteiger partial charge in [0, 0.05) is 33.5 Å². The summed E-state index contributed by atoms with van der Waals surface area (Å²) in [5, 5.41) is 8.18. The number of aryl methyl sites for hydroxylation is 2. The summed E-state index contributed by atoms with van der Waals surface area (Å²) in [6.07, 6.45) is 1.55. The Kier molecular flexibility index (Phi) is 11.5. The predicted octanol–water partition coefficient (Wildman–Crippen LogP) is 8.20. The van der Waals surface area contributed by atoms with Crippen molar-refractivity contribution in [3.63, 3.8) is 0 Å². The van der Waals surface area contributed by atoms with E-state index < -0.39 is 17.1 Å². The first kappa shape index (κ1) is 34.5. The summed E-state index contributed by atoms with van der Waals surface area (Å²) < 4.78 is 10.8. The number of methoxy groups -OCH3 is 2. The Balaban J connectivity index is 1.41. The van der Waals surface area contributed by atoms with E-state index >= 15 is 0 Å². The Morgan fingerprint density at radius 2 is 1.39 bits per heavy atom. The molecule has 0 saturated heterocycles. The van der Waals surface area contributed by atoms with E-state index in [0.29, 0.717) is 28.3 Å². The number of carbonyl (C=O) groups excluding carboxylic acids is 3. The third-order valence-corrected chi connectivity index (χ3v) is 8.69. The van der Waals surface area contributed by atoms with Crippen LogP contribution in [0, 0.1) is 13.8 Å². The number of ether oxygens (including phenoxy) is 2. The van der Waals surface area contributed by atoms with Gasteiger partial charge in [-0.3, -0.25) is 14.4 Å². The Labute approximate surface area is 290 Å². The molecule has 0 fully saturated rings. The number of rotatable bonds is 12. The molecule has 248 valence electrons. The third kappa shape index (κ3) is 9.39. The van der Waals surface area contributed by atoms with Gasteiger partial charge in [0.15, 0.2) is 0 Å². The highest BCUT2D eigenvalue weighted by atomic mass is 32.2. The van der Waals surface area contributed by atoms with Gasteiger partial charge in [-0.15, -0.1) is 11.8 Å². The van der Waals surface area contributed by atoms with Crippen molar-refractivity contribution >= 4 is 46.9 Å². The highest BCUT2D eigenvalue weighted by molar-refractivity contribution is 8.00. The molecule has 3 N–H and O–H groups in total. The number of amides is 3. The van der Waals surface area contributed by atoms with Crippen LogP contribution in [0.1, 0.15) is 37.9 Å². The van der Waals surface area contributed by atoms with Crippen molar-refractivity contribution in [2.24, 2.45) is 0 Å². The standard InChI is InChI=1S/C40H37N3O5S/c1-26-20-27(2)22-32(21-26)42-40(46)37(28-12-7-5-8-13-28)49-34-17-11-16-31(24-34)41-39(45)35(43-38(44)29-14-9-6-10-15-29)23-30-18-19-33(47-3)25-36(30)48-4/h5-25,37H,1-4H3,(H,41,45)(H,42,46)(H,43,44)/b35-23+. The Morgan fingerprint density at radius 3 is 2.06 bits per heavy atom. The van der Waals surface area contributed by atoms with Crippen molar-refractivity contribution in [1.82, 2.24) is 5.32 Å². The fraction of sp³-hybridized carbons (Fsp3) is 0.125. The topological polar surface area (TPSA) is 106 Å². The first-order valence-electron chi connectivity index (χ1n) is 15.5. The second kappa shape index (κ2) is 16.3. The van der Waals surface area contributed by atoms with E-state index in [1.165, 1.54) is 18.9 Å². The second-order valence-electron chi connectivity index (χ2n) is 11.2. The number of hydrogen-bond donors (Lipinski definition) is 3. The van der Waals surface area contributed by atoms with Gasteiger partial charge in [0.2, 0.25) is 5.91 Å². The summed E-state index contributed by atoms with van der Waals surface area (Å²) in [6, 6.07) is 36.5. The lowest BCUT2D eigenvalue weighted by atomic mass is 10.1. The molecule has 1 unspecified atom stereocenters. The molecule has 0 saturated carbocycles. The fourth-order valence-electron chi connectivity index (χ4n) is 5.17. The van der Waals surface area contributed by atoms with Crippen LogP contribution < -0.4 is 25.4 Å². The van der Waals surface area contributed by atoms with Crippen LogP contribution in [0.15, 0.2) is 132 Å². The molecule has 5 aromatic carbocycles. The van der Waals surface area contributed by atoms with Crippen LogP contribution in [-0.4, -0.2) is 31.9 Å². The molecule has 5 aromatic rings. The summed E-state index contributed by atoms with van der Waals surface area (Å²) >= 11 is 1.37. The van der Waals surface area contributed by atoms with Gasteiger partial charge in [-0.05, 0) is 91.2 Å². The molecule has 8 nitrogen and oxygen atoms in total. The monoisotopic (exact) mass is 671 g/mol. The van der Waals surface area contributed by atoms with Crippen molar-refractivity contribution < 1.29 is 23.9 Å². The average molecular weight is 672 g/mol. The van der Waals surface area contributed by atoms with E-state index in [1.807, 2.05) is 68.4 Å². The maximum atomic E-state index is 13.8. The lowest BCUT2D eigenvalue weighted by Gasteiger charge is -2.18. The van der Waals surface area contributed by atoms with E-state index in [0.717, 1.165) is 27.3 Å². The summed E-state index contributed by atoms with van der Waals surface area (Å²) in [5.41, 5.74) is 5.13. The van der Waals surface area contributed by atoms with Crippen molar-refractivity contribution in [3.8, 4) is 11.5 Å². The van der Waals surface area contributed by atoms with Crippen molar-refractivity contribution in [2.45, 2.75) is 24.0 Å². The van der Waals surface area contributed by atoms with Crippen LogP contribution in [-0.2, 0) is 9.59 Å². The maximum absolute atomic E-state index is 13.8. The minimum atomic E-state index is -0.573. The normalized spacial score (nSPS) is 11.6. The van der Waals surface area contributed by atoms with Crippen LogP contribution in [0.5, 0.6) is 11.5 Å². The lowest BCUT2D eigenvalue weighted by Crippen LogP contribution is -2.30. The summed E-state index contributed by atoms with van der Waals surface area (Å²) in [6.45, 7) is 3.99. The first-order chi connectivity index (χ1) is 23.7. The van der Waals surface area contributed by atoms with Crippen LogP contribution in [0.4, 0.5) is 11.4 Å². The minimum Gasteiger partial charge on any atom is -0.497 e. The van der Waals surface area contributed by atoms with Crippen LogP contribution in [0.3, 0.4) is 0 Å². The summed E-state index contributed by atoms with van der Waals surface area (Å²) in [4.78, 5) is 41.4. The highest BCUT2D eigenvalue weighted by Crippen LogP contribution is 2.37. The van der Waals surface area contributed by atoms with Crippen molar-refractivity contribution in [3.05, 3.63) is 155 Å². The second-order valence-corrected chi connectivity index (χ2v) is 12.4. The molecule has 49 heavy (non-hydrogen) atoms. The number of nitrogens with one attached hydrogen (secondary N) is 3. The van der Waals surface area contributed by atoms with E-state index in [4.69, 9.17) is 9.47 Å². The van der Waals surface area contributed by atoms with Crippen LogP contribution in [0.25, 0.3) is 6.08 Å². The van der Waals surface area contributed by atoms with Gasteiger partial charge in [0.25, 0.3) is 11.8 Å². The quantitative estimate of drug-likeness (QED) is 0.0913. The average Bonchev–Trinajstić information content (AvgIpc) is 3.10. The number of thioether (sulfide) groups is 1. The van der Waals surface area contributed by atoms with Gasteiger partial charge in [-0.25, -0.2) is 0 Å². The maximum Gasteiger partial charge on any atom is 0.272 e. The van der Waals surface area contributed by atoms with Crippen LogP contribution >= 0.6 is 11.8 Å². The summed E-state index contributed by atoms with van der Waals surface area (Å²) in [5.74, 6) is -0.115. The molecular weight excluding hydrogens is 635 g/mol. The molecular formula is C40H37N3O5S. The Morgan fingerprint density at radius 1 is 0.694 bits per heavy atom. The number of anilines is 2.